The van der Waals surface area contributed by atoms with Gasteiger partial charge in [-0.2, -0.15) is 0 Å². The van der Waals surface area contributed by atoms with Gasteiger partial charge in [0.1, 0.15) is 10.8 Å². The SMILES string of the molecule is Cc1nc(-c2ccc(F)cc2)sc1C(C)NCC1(CO)COC1. The third kappa shape index (κ3) is 3.45. The smallest absolute Gasteiger partial charge is 0.123 e. The zero-order chi connectivity index (χ0) is 16.4. The van der Waals surface area contributed by atoms with E-state index in [-0.39, 0.29) is 23.9 Å². The fourth-order valence-electron chi connectivity index (χ4n) is 2.63. The maximum absolute atomic E-state index is 13.0. The summed E-state index contributed by atoms with van der Waals surface area (Å²) >= 11 is 1.62. The van der Waals surface area contributed by atoms with Crippen molar-refractivity contribution in [2.45, 2.75) is 19.9 Å². The van der Waals surface area contributed by atoms with E-state index in [0.29, 0.717) is 19.8 Å². The molecule has 2 aromatic rings. The van der Waals surface area contributed by atoms with Crippen molar-refractivity contribution in [1.29, 1.82) is 0 Å². The molecule has 4 nitrogen and oxygen atoms in total. The van der Waals surface area contributed by atoms with Crippen molar-refractivity contribution in [3.8, 4) is 10.6 Å². The lowest BCUT2D eigenvalue weighted by Crippen LogP contribution is -2.52. The van der Waals surface area contributed by atoms with Crippen molar-refractivity contribution in [1.82, 2.24) is 10.3 Å². The quantitative estimate of drug-likeness (QED) is 0.852. The molecule has 1 aliphatic heterocycles. The number of thiazole rings is 1. The summed E-state index contributed by atoms with van der Waals surface area (Å²) in [5.41, 5.74) is 1.77. The highest BCUT2D eigenvalue weighted by Gasteiger charge is 2.38. The summed E-state index contributed by atoms with van der Waals surface area (Å²) in [6.07, 6.45) is 0. The molecule has 2 N–H and O–H groups in total. The third-order valence-electron chi connectivity index (χ3n) is 4.25. The molecule has 124 valence electrons. The number of aliphatic hydroxyl groups is 1. The molecule has 1 fully saturated rings. The monoisotopic (exact) mass is 336 g/mol. The second kappa shape index (κ2) is 6.65. The van der Waals surface area contributed by atoms with Gasteiger partial charge in [0.05, 0.1) is 30.9 Å². The van der Waals surface area contributed by atoms with Gasteiger partial charge in [-0.1, -0.05) is 0 Å². The molecule has 1 atom stereocenters. The topological polar surface area (TPSA) is 54.4 Å². The maximum atomic E-state index is 13.0. The Kier molecular flexibility index (Phi) is 4.77. The highest BCUT2D eigenvalue weighted by atomic mass is 32.1. The van der Waals surface area contributed by atoms with E-state index in [1.54, 1.807) is 23.5 Å². The second-order valence-corrected chi connectivity index (χ2v) is 7.26. The maximum Gasteiger partial charge on any atom is 0.123 e. The molecule has 1 aliphatic rings. The van der Waals surface area contributed by atoms with E-state index >= 15 is 0 Å². The first-order valence-electron chi connectivity index (χ1n) is 7.68. The lowest BCUT2D eigenvalue weighted by molar-refractivity contribution is -0.135. The van der Waals surface area contributed by atoms with Gasteiger partial charge in [-0.3, -0.25) is 0 Å². The number of hydrogen-bond acceptors (Lipinski definition) is 5. The molecule has 0 bridgehead atoms. The van der Waals surface area contributed by atoms with Crippen molar-refractivity contribution in [2.24, 2.45) is 5.41 Å². The molecule has 0 radical (unpaired) electrons. The molecule has 1 unspecified atom stereocenters. The first-order valence-corrected chi connectivity index (χ1v) is 8.50. The Balaban J connectivity index is 1.71. The van der Waals surface area contributed by atoms with Crippen LogP contribution in [0.25, 0.3) is 10.6 Å². The summed E-state index contributed by atoms with van der Waals surface area (Å²) in [5, 5.41) is 13.9. The van der Waals surface area contributed by atoms with Crippen LogP contribution in [0.3, 0.4) is 0 Å². The Bertz CT molecular complexity index is 662. The average Bonchev–Trinajstić information content (AvgIpc) is 2.89. The van der Waals surface area contributed by atoms with Gasteiger partial charge < -0.3 is 15.2 Å². The van der Waals surface area contributed by atoms with Gasteiger partial charge in [-0.15, -0.1) is 11.3 Å². The van der Waals surface area contributed by atoms with Crippen LogP contribution in [0.5, 0.6) is 0 Å². The highest BCUT2D eigenvalue weighted by molar-refractivity contribution is 7.15. The number of rotatable bonds is 6. The molecule has 0 aliphatic carbocycles. The number of hydrogen-bond donors (Lipinski definition) is 2. The largest absolute Gasteiger partial charge is 0.396 e. The average molecular weight is 336 g/mol. The molecule has 0 spiro atoms. The summed E-state index contributed by atoms with van der Waals surface area (Å²) in [6, 6.07) is 6.55. The minimum Gasteiger partial charge on any atom is -0.396 e. The van der Waals surface area contributed by atoms with Crippen LogP contribution in [0.2, 0.25) is 0 Å². The Morgan fingerprint density at radius 2 is 2.09 bits per heavy atom. The number of aromatic nitrogens is 1. The van der Waals surface area contributed by atoms with Crippen molar-refractivity contribution < 1.29 is 14.2 Å². The fourth-order valence-corrected chi connectivity index (χ4v) is 3.73. The van der Waals surface area contributed by atoms with Crippen LogP contribution in [0, 0.1) is 18.2 Å². The zero-order valence-electron chi connectivity index (χ0n) is 13.3. The summed E-state index contributed by atoms with van der Waals surface area (Å²) in [4.78, 5) is 5.78. The second-order valence-electron chi connectivity index (χ2n) is 6.23. The number of ether oxygens (including phenoxy) is 1. The van der Waals surface area contributed by atoms with Crippen LogP contribution < -0.4 is 5.32 Å². The molecule has 1 aromatic heterocycles. The van der Waals surface area contributed by atoms with Crippen LogP contribution in [-0.4, -0.2) is 36.5 Å². The lowest BCUT2D eigenvalue weighted by Gasteiger charge is -2.40. The predicted molar refractivity (Wildman–Crippen MR) is 89.0 cm³/mol. The van der Waals surface area contributed by atoms with Crippen LogP contribution in [0.1, 0.15) is 23.5 Å². The number of aryl methyl sites for hydroxylation is 1. The van der Waals surface area contributed by atoms with Crippen molar-refractivity contribution >= 4 is 11.3 Å². The Hall–Kier alpha value is -1.34. The van der Waals surface area contributed by atoms with E-state index in [9.17, 15) is 9.50 Å². The minimum atomic E-state index is -0.241. The van der Waals surface area contributed by atoms with Crippen LogP contribution >= 0.6 is 11.3 Å². The predicted octanol–water partition coefficient (Wildman–Crippen LogP) is 2.92. The Morgan fingerprint density at radius 1 is 1.39 bits per heavy atom. The molecule has 3 rings (SSSR count). The number of aliphatic hydroxyl groups excluding tert-OH is 1. The van der Waals surface area contributed by atoms with Gasteiger partial charge in [0.2, 0.25) is 0 Å². The van der Waals surface area contributed by atoms with Crippen molar-refractivity contribution in [2.75, 3.05) is 26.4 Å². The summed E-state index contributed by atoms with van der Waals surface area (Å²) in [7, 11) is 0. The van der Waals surface area contributed by atoms with Crippen LogP contribution in [0.15, 0.2) is 24.3 Å². The standard InChI is InChI=1S/C17H21FN2O2S/c1-11(19-7-17(8-21)9-22-10-17)15-12(2)20-16(23-15)13-3-5-14(18)6-4-13/h3-6,11,19,21H,7-10H2,1-2H3. The lowest BCUT2D eigenvalue weighted by atomic mass is 9.87. The molecule has 1 aromatic carbocycles. The molecule has 0 saturated carbocycles. The van der Waals surface area contributed by atoms with Gasteiger partial charge in [0.25, 0.3) is 0 Å². The van der Waals surface area contributed by atoms with Crippen molar-refractivity contribution in [3.63, 3.8) is 0 Å². The zero-order valence-corrected chi connectivity index (χ0v) is 14.1. The van der Waals surface area contributed by atoms with Gasteiger partial charge in [0.15, 0.2) is 0 Å². The van der Waals surface area contributed by atoms with Gasteiger partial charge in [-0.05, 0) is 38.1 Å². The molecular formula is C17H21FN2O2S. The fraction of sp³-hybridized carbons (Fsp3) is 0.471. The van der Waals surface area contributed by atoms with E-state index in [1.807, 2.05) is 6.92 Å². The molecule has 0 amide bonds. The van der Waals surface area contributed by atoms with Crippen LogP contribution in [0.4, 0.5) is 4.39 Å². The van der Waals surface area contributed by atoms with Crippen molar-refractivity contribution in [3.05, 3.63) is 40.7 Å². The molecule has 23 heavy (non-hydrogen) atoms. The van der Waals surface area contributed by atoms with Gasteiger partial charge >= 0.3 is 0 Å². The van der Waals surface area contributed by atoms with E-state index < -0.39 is 0 Å². The molecule has 1 saturated heterocycles. The summed E-state index contributed by atoms with van der Waals surface area (Å²) < 4.78 is 18.3. The van der Waals surface area contributed by atoms with E-state index in [4.69, 9.17) is 4.74 Å². The number of nitrogens with zero attached hydrogens (tertiary/aromatic N) is 1. The van der Waals surface area contributed by atoms with Crippen LogP contribution in [-0.2, 0) is 4.74 Å². The van der Waals surface area contributed by atoms with Gasteiger partial charge in [0, 0.05) is 23.0 Å². The number of nitrogens with one attached hydrogen (secondary N) is 1. The van der Waals surface area contributed by atoms with E-state index in [2.05, 4.69) is 17.2 Å². The molecule has 6 heteroatoms. The highest BCUT2D eigenvalue weighted by Crippen LogP contribution is 2.33. The number of halogens is 1. The minimum absolute atomic E-state index is 0.134. The first-order chi connectivity index (χ1) is 11.0. The normalized spacial score (nSPS) is 17.7. The number of benzene rings is 1. The van der Waals surface area contributed by atoms with Gasteiger partial charge in [-0.25, -0.2) is 9.37 Å². The third-order valence-corrected chi connectivity index (χ3v) is 5.64. The molecular weight excluding hydrogens is 315 g/mol. The molecule has 2 heterocycles. The summed E-state index contributed by atoms with van der Waals surface area (Å²) in [5.74, 6) is -0.241. The Labute approximate surface area is 139 Å². The van der Waals surface area contributed by atoms with E-state index in [0.717, 1.165) is 21.1 Å². The first kappa shape index (κ1) is 16.5. The Morgan fingerprint density at radius 3 is 2.65 bits per heavy atom. The summed E-state index contributed by atoms with van der Waals surface area (Å²) in [6.45, 7) is 6.14. The van der Waals surface area contributed by atoms with E-state index in [1.165, 1.54) is 12.1 Å².